The summed E-state index contributed by atoms with van der Waals surface area (Å²) in [6.45, 7) is 1.89. The van der Waals surface area contributed by atoms with Crippen LogP contribution in [0.3, 0.4) is 0 Å². The molecule has 0 saturated carbocycles. The average molecular weight is 434 g/mol. The van der Waals surface area contributed by atoms with E-state index in [0.717, 1.165) is 0 Å². The molecule has 0 saturated heterocycles. The number of pyridine rings is 1. The van der Waals surface area contributed by atoms with Crippen LogP contribution in [-0.4, -0.2) is 17.6 Å². The predicted molar refractivity (Wildman–Crippen MR) is 74.9 cm³/mol. The number of halogens is 4. The number of carbonyl (C=O) groups excluding carboxylic acids is 1. The molecule has 0 spiro atoms. The molecule has 0 aromatic carbocycles. The van der Waals surface area contributed by atoms with E-state index in [1.54, 1.807) is 6.92 Å². The topological polar surface area (TPSA) is 39.2 Å². The molecule has 1 rings (SSSR count). The van der Waals surface area contributed by atoms with Gasteiger partial charge in [-0.1, -0.05) is 15.9 Å². The van der Waals surface area contributed by atoms with Crippen LogP contribution in [0.5, 0.6) is 0 Å². The highest BCUT2D eigenvalue weighted by Gasteiger charge is 2.19. The highest BCUT2D eigenvalue weighted by molar-refractivity contribution is 14.1. The van der Waals surface area contributed by atoms with Crippen molar-refractivity contribution in [2.24, 2.45) is 0 Å². The van der Waals surface area contributed by atoms with Gasteiger partial charge in [0, 0.05) is 10.9 Å². The maximum Gasteiger partial charge on any atom is 0.311 e. The molecule has 0 atom stereocenters. The van der Waals surface area contributed by atoms with Gasteiger partial charge in [0.1, 0.15) is 3.70 Å². The Kier molecular flexibility index (Phi) is 6.40. The lowest BCUT2D eigenvalue weighted by molar-refractivity contribution is -0.142. The summed E-state index contributed by atoms with van der Waals surface area (Å²) in [6, 6.07) is 1.38. The molecule has 0 fully saturated rings. The second kappa shape index (κ2) is 7.32. The zero-order valence-electron chi connectivity index (χ0n) is 9.55. The summed E-state index contributed by atoms with van der Waals surface area (Å²) in [7, 11) is 0. The maximum atomic E-state index is 12.9. The van der Waals surface area contributed by atoms with Gasteiger partial charge in [-0.15, -0.1) is 0 Å². The van der Waals surface area contributed by atoms with Crippen LogP contribution in [0.1, 0.15) is 30.2 Å². The van der Waals surface area contributed by atoms with Crippen LogP contribution in [0.2, 0.25) is 0 Å². The molecule has 100 valence electrons. The summed E-state index contributed by atoms with van der Waals surface area (Å²) in [4.78, 5) is 15.4. The van der Waals surface area contributed by atoms with Crippen molar-refractivity contribution >= 4 is 44.5 Å². The molecule has 0 aliphatic rings. The number of ether oxygens (including phenoxy) is 1. The molecule has 18 heavy (non-hydrogen) atoms. The number of rotatable bonds is 5. The van der Waals surface area contributed by atoms with Crippen molar-refractivity contribution in [3.63, 3.8) is 0 Å². The lowest BCUT2D eigenvalue weighted by Gasteiger charge is -2.11. The Balaban J connectivity index is 3.09. The number of hydrogen-bond donors (Lipinski definition) is 0. The molecule has 0 unspecified atom stereocenters. The van der Waals surface area contributed by atoms with E-state index < -0.39 is 12.4 Å². The zero-order chi connectivity index (χ0) is 13.7. The maximum absolute atomic E-state index is 12.9. The van der Waals surface area contributed by atoms with Crippen LogP contribution < -0.4 is 0 Å². The van der Waals surface area contributed by atoms with E-state index in [-0.39, 0.29) is 24.3 Å². The van der Waals surface area contributed by atoms with Gasteiger partial charge in [-0.3, -0.25) is 4.79 Å². The van der Waals surface area contributed by atoms with Crippen molar-refractivity contribution < 1.29 is 18.3 Å². The van der Waals surface area contributed by atoms with E-state index in [1.807, 2.05) is 22.6 Å². The largest absolute Gasteiger partial charge is 0.466 e. The van der Waals surface area contributed by atoms with Crippen molar-refractivity contribution in [2.45, 2.75) is 25.1 Å². The molecule has 0 aliphatic carbocycles. The summed E-state index contributed by atoms with van der Waals surface area (Å²) in [5, 5.41) is 0.442. The molecule has 0 aliphatic heterocycles. The fourth-order valence-electron chi connectivity index (χ4n) is 1.36. The summed E-state index contributed by atoms with van der Waals surface area (Å²) < 4.78 is 31.2. The van der Waals surface area contributed by atoms with Gasteiger partial charge in [-0.05, 0) is 41.1 Å². The third-order valence-electron chi connectivity index (χ3n) is 2.16. The Bertz CT molecular complexity index is 443. The summed E-state index contributed by atoms with van der Waals surface area (Å²) in [6.07, 6.45) is -2.89. The van der Waals surface area contributed by atoms with E-state index in [2.05, 4.69) is 20.9 Å². The Morgan fingerprint density at radius 1 is 1.61 bits per heavy atom. The normalized spacial score (nSPS) is 10.8. The summed E-state index contributed by atoms with van der Waals surface area (Å²) in [5.74, 6) is -0.547. The van der Waals surface area contributed by atoms with Crippen LogP contribution in [0.15, 0.2) is 6.07 Å². The molecular weight excluding hydrogens is 423 g/mol. The van der Waals surface area contributed by atoms with E-state index in [4.69, 9.17) is 4.74 Å². The first-order valence-corrected chi connectivity index (χ1v) is 7.37. The monoisotopic (exact) mass is 433 g/mol. The molecule has 0 bridgehead atoms. The van der Waals surface area contributed by atoms with E-state index >= 15 is 0 Å². The van der Waals surface area contributed by atoms with Crippen molar-refractivity contribution in [2.75, 3.05) is 6.61 Å². The third-order valence-corrected chi connectivity index (χ3v) is 3.70. The summed E-state index contributed by atoms with van der Waals surface area (Å²) >= 11 is 5.17. The van der Waals surface area contributed by atoms with Crippen molar-refractivity contribution in [1.29, 1.82) is 0 Å². The van der Waals surface area contributed by atoms with Crippen LogP contribution in [-0.2, 0) is 21.3 Å². The SMILES string of the molecule is CCOC(=O)Cc1nc(I)c(CBr)cc1C(F)F. The van der Waals surface area contributed by atoms with Crippen LogP contribution >= 0.6 is 38.5 Å². The van der Waals surface area contributed by atoms with Gasteiger partial charge in [0.05, 0.1) is 18.7 Å². The second-order valence-electron chi connectivity index (χ2n) is 3.39. The van der Waals surface area contributed by atoms with Crippen LogP contribution in [0, 0.1) is 3.70 Å². The molecule has 1 aromatic rings. The molecule has 7 heteroatoms. The quantitative estimate of drug-likeness (QED) is 0.308. The Morgan fingerprint density at radius 3 is 2.78 bits per heavy atom. The van der Waals surface area contributed by atoms with Crippen molar-refractivity contribution in [3.8, 4) is 0 Å². The Hall–Kier alpha value is -0.310. The lowest BCUT2D eigenvalue weighted by Crippen LogP contribution is -2.12. The number of aromatic nitrogens is 1. The minimum absolute atomic E-state index is 0.0811. The average Bonchev–Trinajstić information content (AvgIpc) is 2.29. The fourth-order valence-corrected chi connectivity index (χ4v) is 2.95. The first-order valence-electron chi connectivity index (χ1n) is 5.17. The van der Waals surface area contributed by atoms with Gasteiger partial charge in [-0.25, -0.2) is 13.8 Å². The Labute approximate surface area is 126 Å². The predicted octanol–water partition coefficient (Wildman–Crippen LogP) is 3.62. The number of esters is 1. The van der Waals surface area contributed by atoms with E-state index in [1.165, 1.54) is 6.07 Å². The molecule has 1 aromatic heterocycles. The first-order chi connectivity index (χ1) is 8.49. The molecule has 3 nitrogen and oxygen atoms in total. The van der Waals surface area contributed by atoms with Gasteiger partial charge in [-0.2, -0.15) is 0 Å². The highest BCUT2D eigenvalue weighted by Crippen LogP contribution is 2.26. The number of alkyl halides is 3. The van der Waals surface area contributed by atoms with E-state index in [9.17, 15) is 13.6 Å². The second-order valence-corrected chi connectivity index (χ2v) is 4.97. The molecule has 1 heterocycles. The molecule has 0 N–H and O–H groups in total. The van der Waals surface area contributed by atoms with Gasteiger partial charge in [0.25, 0.3) is 6.43 Å². The van der Waals surface area contributed by atoms with Crippen molar-refractivity contribution in [1.82, 2.24) is 4.98 Å². The van der Waals surface area contributed by atoms with Crippen LogP contribution in [0.25, 0.3) is 0 Å². The lowest BCUT2D eigenvalue weighted by atomic mass is 10.1. The van der Waals surface area contributed by atoms with Crippen molar-refractivity contribution in [3.05, 3.63) is 26.6 Å². The standard InChI is InChI=1S/C11H11BrF2INO2/c1-2-18-9(17)4-8-7(10(13)14)3-6(5-12)11(15)16-8/h3,10H,2,4-5H2,1H3. The van der Waals surface area contributed by atoms with Gasteiger partial charge < -0.3 is 4.74 Å². The zero-order valence-corrected chi connectivity index (χ0v) is 13.3. The third kappa shape index (κ3) is 4.11. The van der Waals surface area contributed by atoms with Crippen LogP contribution in [0.4, 0.5) is 8.78 Å². The minimum Gasteiger partial charge on any atom is -0.466 e. The smallest absolute Gasteiger partial charge is 0.311 e. The molecular formula is C11H11BrF2INO2. The molecule has 0 amide bonds. The highest BCUT2D eigenvalue weighted by atomic mass is 127. The first kappa shape index (κ1) is 15.7. The summed E-state index contributed by atoms with van der Waals surface area (Å²) in [5.41, 5.74) is 0.550. The molecule has 0 radical (unpaired) electrons. The van der Waals surface area contributed by atoms with Gasteiger partial charge in [0.2, 0.25) is 0 Å². The van der Waals surface area contributed by atoms with E-state index in [0.29, 0.717) is 14.6 Å². The Morgan fingerprint density at radius 2 is 2.28 bits per heavy atom. The fraction of sp³-hybridized carbons (Fsp3) is 0.455. The number of hydrogen-bond acceptors (Lipinski definition) is 3. The van der Waals surface area contributed by atoms with Gasteiger partial charge in [0.15, 0.2) is 0 Å². The number of nitrogens with zero attached hydrogens (tertiary/aromatic N) is 1. The minimum atomic E-state index is -2.66. The van der Waals surface area contributed by atoms with Gasteiger partial charge >= 0.3 is 5.97 Å². The number of carbonyl (C=O) groups is 1.